The van der Waals surface area contributed by atoms with Gasteiger partial charge in [0.15, 0.2) is 0 Å². The smallest absolute Gasteiger partial charge is 0.230 e. The minimum Gasteiger partial charge on any atom is -0.338 e. The zero-order valence-corrected chi connectivity index (χ0v) is 13.2. The molecule has 0 bridgehead atoms. The van der Waals surface area contributed by atoms with Gasteiger partial charge in [-0.2, -0.15) is 5.10 Å². The number of rotatable bonds is 1. The first-order valence-electron chi connectivity index (χ1n) is 8.13. The van der Waals surface area contributed by atoms with Gasteiger partial charge in [0.2, 0.25) is 5.91 Å². The van der Waals surface area contributed by atoms with E-state index in [0.717, 1.165) is 48.7 Å². The third-order valence-electron chi connectivity index (χ3n) is 4.75. The highest BCUT2D eigenvalue weighted by molar-refractivity contribution is 5.99. The van der Waals surface area contributed by atoms with Gasteiger partial charge in [0.05, 0.1) is 24.1 Å². The molecule has 0 saturated carbocycles. The van der Waals surface area contributed by atoms with E-state index in [-0.39, 0.29) is 11.8 Å². The average molecular weight is 311 g/mol. The molecule has 6 heteroatoms. The molecule has 0 spiro atoms. The lowest BCUT2D eigenvalue weighted by molar-refractivity contribution is -0.123. The van der Waals surface area contributed by atoms with E-state index >= 15 is 0 Å². The maximum absolute atomic E-state index is 13.1. The van der Waals surface area contributed by atoms with E-state index < -0.39 is 0 Å². The summed E-state index contributed by atoms with van der Waals surface area (Å²) in [5.41, 5.74) is 2.95. The van der Waals surface area contributed by atoms with Gasteiger partial charge < -0.3 is 15.5 Å². The first-order chi connectivity index (χ1) is 11.2. The van der Waals surface area contributed by atoms with Crippen molar-refractivity contribution >= 4 is 23.1 Å². The molecule has 0 radical (unpaired) electrons. The summed E-state index contributed by atoms with van der Waals surface area (Å²) in [4.78, 5) is 15.1. The Labute approximate surface area is 135 Å². The second-order valence-corrected chi connectivity index (χ2v) is 6.23. The van der Waals surface area contributed by atoms with Crippen molar-refractivity contribution in [3.8, 4) is 0 Å². The van der Waals surface area contributed by atoms with Crippen molar-refractivity contribution in [2.24, 2.45) is 13.0 Å². The van der Waals surface area contributed by atoms with E-state index in [9.17, 15) is 4.79 Å². The number of aromatic nitrogens is 2. The van der Waals surface area contributed by atoms with Crippen LogP contribution in [-0.2, 0) is 18.4 Å². The fourth-order valence-electron chi connectivity index (χ4n) is 3.44. The van der Waals surface area contributed by atoms with Crippen LogP contribution in [0.15, 0.2) is 30.5 Å². The van der Waals surface area contributed by atoms with Crippen molar-refractivity contribution in [1.82, 2.24) is 15.1 Å². The van der Waals surface area contributed by atoms with Gasteiger partial charge in [-0.25, -0.2) is 0 Å². The van der Waals surface area contributed by atoms with Gasteiger partial charge in [0.1, 0.15) is 5.82 Å². The van der Waals surface area contributed by atoms with Crippen LogP contribution in [0.25, 0.3) is 0 Å². The number of carbonyl (C=O) groups excluding carboxylic acids is 1. The Bertz CT molecular complexity index is 732. The van der Waals surface area contributed by atoms with Crippen molar-refractivity contribution in [2.45, 2.75) is 19.4 Å². The number of anilines is 3. The Balaban J connectivity index is 1.74. The normalized spacial score (nSPS) is 17.9. The molecule has 1 aromatic heterocycles. The van der Waals surface area contributed by atoms with Gasteiger partial charge in [-0.3, -0.25) is 9.48 Å². The highest BCUT2D eigenvalue weighted by Crippen LogP contribution is 2.36. The summed E-state index contributed by atoms with van der Waals surface area (Å²) in [5.74, 6) is 1.28. The van der Waals surface area contributed by atoms with Crippen LogP contribution in [0.5, 0.6) is 0 Å². The number of amides is 1. The molecule has 3 heterocycles. The molecule has 0 aliphatic carbocycles. The molecule has 2 aliphatic heterocycles. The van der Waals surface area contributed by atoms with Crippen LogP contribution in [-0.4, -0.2) is 28.8 Å². The molecule has 4 rings (SSSR count). The zero-order chi connectivity index (χ0) is 15.8. The Morgan fingerprint density at radius 2 is 2.04 bits per heavy atom. The molecular weight excluding hydrogens is 290 g/mol. The fourth-order valence-corrected chi connectivity index (χ4v) is 3.44. The lowest BCUT2D eigenvalue weighted by atomic mass is 9.96. The summed E-state index contributed by atoms with van der Waals surface area (Å²) in [6.45, 7) is 2.40. The van der Waals surface area contributed by atoms with Crippen molar-refractivity contribution in [2.75, 3.05) is 23.3 Å². The monoisotopic (exact) mass is 311 g/mol. The molecule has 1 fully saturated rings. The number of benzene rings is 1. The number of nitrogens with zero attached hydrogens (tertiary/aromatic N) is 3. The summed E-state index contributed by atoms with van der Waals surface area (Å²) < 4.78 is 1.82. The van der Waals surface area contributed by atoms with Gasteiger partial charge in [0.25, 0.3) is 0 Å². The third kappa shape index (κ3) is 2.49. The van der Waals surface area contributed by atoms with Crippen molar-refractivity contribution in [1.29, 1.82) is 0 Å². The number of hydrogen-bond donors (Lipinski definition) is 2. The summed E-state index contributed by atoms with van der Waals surface area (Å²) >= 11 is 0. The minimum absolute atomic E-state index is 0.0996. The molecule has 23 heavy (non-hydrogen) atoms. The van der Waals surface area contributed by atoms with Crippen LogP contribution in [0.4, 0.5) is 17.2 Å². The second-order valence-electron chi connectivity index (χ2n) is 6.23. The Kier molecular flexibility index (Phi) is 3.53. The molecule has 0 atom stereocenters. The highest BCUT2D eigenvalue weighted by atomic mass is 16.2. The topological polar surface area (TPSA) is 62.2 Å². The molecule has 1 saturated heterocycles. The fraction of sp³-hybridized carbons (Fsp3) is 0.412. The standard InChI is InChI=1S/C17H21N5O/c1-21-16-13(10-19-21)11-22(15-5-3-2-4-14(15)20-16)17(23)12-6-8-18-9-7-12/h2-5,10,12,18,20H,6-9,11H2,1H3. The number of nitrogens with one attached hydrogen (secondary N) is 2. The maximum Gasteiger partial charge on any atom is 0.230 e. The van der Waals surface area contributed by atoms with Gasteiger partial charge in [-0.15, -0.1) is 0 Å². The SMILES string of the molecule is Cn1ncc2c1Nc1ccccc1N(C(=O)C1CCNCC1)C2. The van der Waals surface area contributed by atoms with Crippen LogP contribution >= 0.6 is 0 Å². The van der Waals surface area contributed by atoms with Crippen molar-refractivity contribution in [3.05, 3.63) is 36.0 Å². The highest BCUT2D eigenvalue weighted by Gasteiger charge is 2.31. The number of fused-ring (bicyclic) bond motifs is 2. The van der Waals surface area contributed by atoms with Crippen LogP contribution in [0.3, 0.4) is 0 Å². The molecule has 1 aromatic carbocycles. The molecule has 0 unspecified atom stereocenters. The number of piperidine rings is 1. The summed E-state index contributed by atoms with van der Waals surface area (Å²) in [5, 5.41) is 11.1. The first kappa shape index (κ1) is 14.3. The Morgan fingerprint density at radius 1 is 1.26 bits per heavy atom. The number of hydrogen-bond acceptors (Lipinski definition) is 4. The molecule has 1 amide bonds. The quantitative estimate of drug-likeness (QED) is 0.846. The number of carbonyl (C=O) groups is 1. The van der Waals surface area contributed by atoms with E-state index in [4.69, 9.17) is 0 Å². The molecular formula is C17H21N5O. The third-order valence-corrected chi connectivity index (χ3v) is 4.75. The zero-order valence-electron chi connectivity index (χ0n) is 13.2. The largest absolute Gasteiger partial charge is 0.338 e. The lowest BCUT2D eigenvalue weighted by Gasteiger charge is -2.29. The van der Waals surface area contributed by atoms with E-state index in [1.165, 1.54) is 0 Å². The van der Waals surface area contributed by atoms with Crippen LogP contribution in [0, 0.1) is 5.92 Å². The number of aryl methyl sites for hydroxylation is 1. The van der Waals surface area contributed by atoms with E-state index in [1.54, 1.807) is 0 Å². The summed E-state index contributed by atoms with van der Waals surface area (Å²) in [6.07, 6.45) is 3.66. The van der Waals surface area contributed by atoms with Crippen LogP contribution in [0.1, 0.15) is 18.4 Å². The molecule has 2 aliphatic rings. The summed E-state index contributed by atoms with van der Waals surface area (Å²) in [6, 6.07) is 8.00. The molecule has 6 nitrogen and oxygen atoms in total. The maximum atomic E-state index is 13.1. The predicted octanol–water partition coefficient (Wildman–Crippen LogP) is 2.01. The van der Waals surface area contributed by atoms with E-state index in [1.807, 2.05) is 47.1 Å². The van der Waals surface area contributed by atoms with Crippen LogP contribution < -0.4 is 15.5 Å². The average Bonchev–Trinajstić information content (AvgIpc) is 2.84. The van der Waals surface area contributed by atoms with Gasteiger partial charge in [-0.1, -0.05) is 12.1 Å². The molecule has 2 N–H and O–H groups in total. The molecule has 2 aromatic rings. The lowest BCUT2D eigenvalue weighted by Crippen LogP contribution is -2.40. The van der Waals surface area contributed by atoms with Crippen molar-refractivity contribution in [3.63, 3.8) is 0 Å². The Morgan fingerprint density at radius 3 is 2.87 bits per heavy atom. The van der Waals surface area contributed by atoms with Crippen molar-refractivity contribution < 1.29 is 4.79 Å². The van der Waals surface area contributed by atoms with E-state index in [0.29, 0.717) is 6.54 Å². The van der Waals surface area contributed by atoms with Gasteiger partial charge >= 0.3 is 0 Å². The van der Waals surface area contributed by atoms with E-state index in [2.05, 4.69) is 15.7 Å². The Hall–Kier alpha value is -2.34. The number of para-hydroxylation sites is 2. The molecule has 120 valence electrons. The first-order valence-corrected chi connectivity index (χ1v) is 8.13. The van der Waals surface area contributed by atoms with Gasteiger partial charge in [0, 0.05) is 18.5 Å². The second kappa shape index (κ2) is 5.70. The van der Waals surface area contributed by atoms with Gasteiger partial charge in [-0.05, 0) is 38.1 Å². The minimum atomic E-state index is 0.0996. The summed E-state index contributed by atoms with van der Waals surface area (Å²) in [7, 11) is 1.92. The predicted molar refractivity (Wildman–Crippen MR) is 89.7 cm³/mol. The van der Waals surface area contributed by atoms with Crippen LogP contribution in [0.2, 0.25) is 0 Å².